The minimum absolute atomic E-state index is 0.564. The van der Waals surface area contributed by atoms with E-state index in [2.05, 4.69) is 46.8 Å². The van der Waals surface area contributed by atoms with Crippen LogP contribution in [0.1, 0.15) is 39.5 Å². The van der Waals surface area contributed by atoms with Crippen molar-refractivity contribution >= 4 is 5.69 Å². The summed E-state index contributed by atoms with van der Waals surface area (Å²) in [6, 6.07) is 8.76. The lowest BCUT2D eigenvalue weighted by Crippen LogP contribution is -2.18. The quantitative estimate of drug-likeness (QED) is 0.830. The van der Waals surface area contributed by atoms with Gasteiger partial charge in [-0.1, -0.05) is 26.7 Å². The standard InChI is InChI=1S/C14H21N5/c1-3-5-12(6-4-2)16-13-7-9-14(10-8-13)19-11-15-17-18-19/h7-12,16H,3-6H2,1-2H3. The second-order valence-corrected chi connectivity index (χ2v) is 4.72. The molecule has 5 heteroatoms. The lowest BCUT2D eigenvalue weighted by atomic mass is 10.1. The molecule has 0 fully saturated rings. The molecule has 5 nitrogen and oxygen atoms in total. The zero-order chi connectivity index (χ0) is 13.5. The van der Waals surface area contributed by atoms with Gasteiger partial charge >= 0.3 is 0 Å². The second kappa shape index (κ2) is 6.87. The van der Waals surface area contributed by atoms with Gasteiger partial charge < -0.3 is 5.32 Å². The molecule has 0 atom stereocenters. The van der Waals surface area contributed by atoms with Gasteiger partial charge in [0.2, 0.25) is 0 Å². The third kappa shape index (κ3) is 3.77. The van der Waals surface area contributed by atoms with Crippen molar-refractivity contribution in [3.05, 3.63) is 30.6 Å². The summed E-state index contributed by atoms with van der Waals surface area (Å²) in [5, 5.41) is 14.7. The van der Waals surface area contributed by atoms with Crippen LogP contribution in [0.2, 0.25) is 0 Å². The first-order valence-corrected chi connectivity index (χ1v) is 6.93. The third-order valence-electron chi connectivity index (χ3n) is 3.13. The molecule has 1 aromatic carbocycles. The summed E-state index contributed by atoms with van der Waals surface area (Å²) >= 11 is 0. The number of hydrogen-bond acceptors (Lipinski definition) is 4. The third-order valence-corrected chi connectivity index (χ3v) is 3.13. The van der Waals surface area contributed by atoms with Crippen molar-refractivity contribution in [2.45, 2.75) is 45.6 Å². The first-order valence-electron chi connectivity index (χ1n) is 6.93. The van der Waals surface area contributed by atoms with E-state index in [-0.39, 0.29) is 0 Å². The normalized spacial score (nSPS) is 10.9. The van der Waals surface area contributed by atoms with Crippen LogP contribution in [0, 0.1) is 0 Å². The van der Waals surface area contributed by atoms with Gasteiger partial charge in [-0.15, -0.1) is 5.10 Å². The Kier molecular flexibility index (Phi) is 4.89. The summed E-state index contributed by atoms with van der Waals surface area (Å²) in [5.74, 6) is 0. The van der Waals surface area contributed by atoms with Gasteiger partial charge in [-0.05, 0) is 47.5 Å². The van der Waals surface area contributed by atoms with Gasteiger partial charge in [0.25, 0.3) is 0 Å². The number of nitrogens with one attached hydrogen (secondary N) is 1. The molecule has 0 saturated heterocycles. The van der Waals surface area contributed by atoms with Crippen molar-refractivity contribution < 1.29 is 0 Å². The van der Waals surface area contributed by atoms with Crippen molar-refractivity contribution in [1.29, 1.82) is 0 Å². The van der Waals surface area contributed by atoms with Crippen LogP contribution >= 0.6 is 0 Å². The Bertz CT molecular complexity index is 457. The average Bonchev–Trinajstić information content (AvgIpc) is 2.94. The van der Waals surface area contributed by atoms with Gasteiger partial charge in [0, 0.05) is 11.7 Å². The number of rotatable bonds is 7. The molecule has 0 saturated carbocycles. The first kappa shape index (κ1) is 13.5. The summed E-state index contributed by atoms with van der Waals surface area (Å²) in [6.07, 6.45) is 6.44. The van der Waals surface area contributed by atoms with Gasteiger partial charge in [0.15, 0.2) is 0 Å². The maximum atomic E-state index is 3.87. The monoisotopic (exact) mass is 259 g/mol. The van der Waals surface area contributed by atoms with Gasteiger partial charge in [-0.2, -0.15) is 0 Å². The van der Waals surface area contributed by atoms with E-state index < -0.39 is 0 Å². The number of aromatic nitrogens is 4. The number of tetrazole rings is 1. The Morgan fingerprint density at radius 1 is 1.11 bits per heavy atom. The summed E-state index contributed by atoms with van der Waals surface area (Å²) in [6.45, 7) is 4.45. The van der Waals surface area contributed by atoms with Crippen molar-refractivity contribution in [2.75, 3.05) is 5.32 Å². The van der Waals surface area contributed by atoms with Crippen LogP contribution in [0.3, 0.4) is 0 Å². The van der Waals surface area contributed by atoms with E-state index >= 15 is 0 Å². The molecule has 0 aliphatic heterocycles. The van der Waals surface area contributed by atoms with E-state index in [0.29, 0.717) is 6.04 Å². The first-order chi connectivity index (χ1) is 9.33. The minimum atomic E-state index is 0.564. The maximum absolute atomic E-state index is 3.87. The number of benzene rings is 1. The molecule has 1 heterocycles. The van der Waals surface area contributed by atoms with Crippen LogP contribution in [-0.4, -0.2) is 26.2 Å². The van der Waals surface area contributed by atoms with Crippen LogP contribution in [0.15, 0.2) is 30.6 Å². The molecule has 0 unspecified atom stereocenters. The fraction of sp³-hybridized carbons (Fsp3) is 0.500. The summed E-state index contributed by atoms with van der Waals surface area (Å²) in [4.78, 5) is 0. The predicted molar refractivity (Wildman–Crippen MR) is 76.4 cm³/mol. The molecule has 2 aromatic rings. The smallest absolute Gasteiger partial charge is 0.143 e. The van der Waals surface area contributed by atoms with E-state index in [1.807, 2.05) is 12.1 Å². The van der Waals surface area contributed by atoms with Gasteiger partial charge in [0.1, 0.15) is 6.33 Å². The van der Waals surface area contributed by atoms with Crippen LogP contribution in [0.5, 0.6) is 0 Å². The zero-order valence-electron chi connectivity index (χ0n) is 11.6. The number of anilines is 1. The van der Waals surface area contributed by atoms with Gasteiger partial charge in [0.05, 0.1) is 5.69 Å². The Balaban J connectivity index is 2.01. The van der Waals surface area contributed by atoms with E-state index in [4.69, 9.17) is 0 Å². The predicted octanol–water partition coefficient (Wildman–Crippen LogP) is 3.04. The highest BCUT2D eigenvalue weighted by molar-refractivity contribution is 5.48. The highest BCUT2D eigenvalue weighted by Gasteiger charge is 2.06. The molecule has 0 amide bonds. The summed E-state index contributed by atoms with van der Waals surface area (Å²) in [5.41, 5.74) is 2.13. The van der Waals surface area contributed by atoms with Crippen molar-refractivity contribution in [1.82, 2.24) is 20.2 Å². The Hall–Kier alpha value is -1.91. The Morgan fingerprint density at radius 2 is 1.79 bits per heavy atom. The largest absolute Gasteiger partial charge is 0.382 e. The highest BCUT2D eigenvalue weighted by Crippen LogP contribution is 2.16. The van der Waals surface area contributed by atoms with E-state index in [1.54, 1.807) is 11.0 Å². The number of nitrogens with zero attached hydrogens (tertiary/aromatic N) is 4. The molecule has 0 bridgehead atoms. The molecule has 2 rings (SSSR count). The Labute approximate surface area is 114 Å². The van der Waals surface area contributed by atoms with Crippen LogP contribution < -0.4 is 5.32 Å². The maximum Gasteiger partial charge on any atom is 0.143 e. The minimum Gasteiger partial charge on any atom is -0.382 e. The number of hydrogen-bond donors (Lipinski definition) is 1. The Morgan fingerprint density at radius 3 is 2.32 bits per heavy atom. The summed E-state index contributed by atoms with van der Waals surface area (Å²) in [7, 11) is 0. The molecule has 1 aromatic heterocycles. The zero-order valence-corrected chi connectivity index (χ0v) is 11.6. The van der Waals surface area contributed by atoms with E-state index in [1.165, 1.54) is 25.7 Å². The molecule has 102 valence electrons. The molecular formula is C14H21N5. The topological polar surface area (TPSA) is 55.6 Å². The van der Waals surface area contributed by atoms with E-state index in [9.17, 15) is 0 Å². The van der Waals surface area contributed by atoms with Crippen LogP contribution in [0.25, 0.3) is 5.69 Å². The lowest BCUT2D eigenvalue weighted by molar-refractivity contribution is 0.586. The average molecular weight is 259 g/mol. The molecule has 0 aliphatic rings. The highest BCUT2D eigenvalue weighted by atomic mass is 15.5. The lowest BCUT2D eigenvalue weighted by Gasteiger charge is -2.18. The molecule has 19 heavy (non-hydrogen) atoms. The van der Waals surface area contributed by atoms with Crippen LogP contribution in [0.4, 0.5) is 5.69 Å². The second-order valence-electron chi connectivity index (χ2n) is 4.72. The van der Waals surface area contributed by atoms with Gasteiger partial charge in [-0.3, -0.25) is 0 Å². The van der Waals surface area contributed by atoms with E-state index in [0.717, 1.165) is 11.4 Å². The molecule has 0 spiro atoms. The van der Waals surface area contributed by atoms with Crippen LogP contribution in [-0.2, 0) is 0 Å². The fourth-order valence-electron chi connectivity index (χ4n) is 2.21. The van der Waals surface area contributed by atoms with Gasteiger partial charge in [-0.25, -0.2) is 4.68 Å². The molecule has 0 radical (unpaired) electrons. The fourth-order valence-corrected chi connectivity index (χ4v) is 2.21. The summed E-state index contributed by atoms with van der Waals surface area (Å²) < 4.78 is 1.65. The molecule has 1 N–H and O–H groups in total. The SMILES string of the molecule is CCCC(CCC)Nc1ccc(-n2cnnn2)cc1. The molecule has 0 aliphatic carbocycles. The van der Waals surface area contributed by atoms with Crippen molar-refractivity contribution in [2.24, 2.45) is 0 Å². The van der Waals surface area contributed by atoms with Crippen molar-refractivity contribution in [3.8, 4) is 5.69 Å². The molecular weight excluding hydrogens is 238 g/mol. The van der Waals surface area contributed by atoms with Crippen molar-refractivity contribution in [3.63, 3.8) is 0 Å².